The lowest BCUT2D eigenvalue weighted by Crippen LogP contribution is -2.05. The van der Waals surface area contributed by atoms with Crippen LogP contribution in [0.2, 0.25) is 0 Å². The average Bonchev–Trinajstić information content (AvgIpc) is 2.34. The number of hydrogen-bond donors (Lipinski definition) is 1. The van der Waals surface area contributed by atoms with Crippen molar-refractivity contribution in [2.45, 2.75) is 12.2 Å². The fraction of sp³-hybridized carbons (Fsp3) is 0.417. The highest BCUT2D eigenvalue weighted by Crippen LogP contribution is 2.17. The van der Waals surface area contributed by atoms with Gasteiger partial charge in [0.1, 0.15) is 0 Å². The van der Waals surface area contributed by atoms with Gasteiger partial charge in [-0.3, -0.25) is 0 Å². The van der Waals surface area contributed by atoms with Crippen molar-refractivity contribution in [3.63, 3.8) is 0 Å². The summed E-state index contributed by atoms with van der Waals surface area (Å²) in [6.07, 6.45) is 1.01. The number of rotatable bonds is 6. The molecule has 0 aromatic heterocycles. The molecule has 0 aliphatic heterocycles. The van der Waals surface area contributed by atoms with Crippen molar-refractivity contribution < 1.29 is 9.53 Å². The number of methoxy groups -OCH3 is 1. The molecule has 16 heavy (non-hydrogen) atoms. The van der Waals surface area contributed by atoms with Gasteiger partial charge in [0, 0.05) is 5.75 Å². The van der Waals surface area contributed by atoms with Crippen LogP contribution in [0.3, 0.4) is 0 Å². The van der Waals surface area contributed by atoms with E-state index in [1.54, 1.807) is 17.8 Å². The lowest BCUT2D eigenvalue weighted by molar-refractivity contribution is 0.0600. The Bertz CT molecular complexity index is 342. The minimum atomic E-state index is -0.268. The Labute approximate surface area is 100 Å². The molecule has 1 aromatic rings. The molecule has 0 bridgehead atoms. The maximum atomic E-state index is 11.5. The maximum absolute atomic E-state index is 11.5. The number of carbonyl (C=O) groups excluding carboxylic acids is 1. The van der Waals surface area contributed by atoms with Crippen LogP contribution in [-0.4, -0.2) is 25.4 Å². The fourth-order valence-electron chi connectivity index (χ4n) is 1.32. The van der Waals surface area contributed by atoms with E-state index in [0.717, 1.165) is 23.5 Å². The van der Waals surface area contributed by atoms with Crippen LogP contribution in [0, 0.1) is 0 Å². The molecule has 0 radical (unpaired) electrons. The van der Waals surface area contributed by atoms with E-state index in [1.165, 1.54) is 7.11 Å². The Kier molecular flexibility index (Phi) is 5.96. The molecule has 88 valence electrons. The molecule has 0 spiro atoms. The van der Waals surface area contributed by atoms with E-state index in [0.29, 0.717) is 12.1 Å². The van der Waals surface area contributed by atoms with Gasteiger partial charge in [-0.05, 0) is 30.3 Å². The van der Waals surface area contributed by atoms with Gasteiger partial charge in [-0.1, -0.05) is 18.2 Å². The highest BCUT2D eigenvalue weighted by Gasteiger charge is 2.10. The van der Waals surface area contributed by atoms with Crippen LogP contribution in [0.15, 0.2) is 24.3 Å². The molecule has 0 aliphatic rings. The Morgan fingerprint density at radius 3 is 2.88 bits per heavy atom. The van der Waals surface area contributed by atoms with E-state index in [1.807, 2.05) is 18.2 Å². The minimum absolute atomic E-state index is 0.268. The summed E-state index contributed by atoms with van der Waals surface area (Å²) >= 11 is 1.79. The van der Waals surface area contributed by atoms with Crippen molar-refractivity contribution in [1.82, 2.24) is 0 Å². The summed E-state index contributed by atoms with van der Waals surface area (Å²) in [6, 6.07) is 7.54. The van der Waals surface area contributed by atoms with E-state index in [4.69, 9.17) is 10.5 Å². The van der Waals surface area contributed by atoms with Crippen LogP contribution in [0.1, 0.15) is 22.3 Å². The number of nitrogens with two attached hydrogens (primary N) is 1. The summed E-state index contributed by atoms with van der Waals surface area (Å²) in [5.74, 6) is 1.58. The van der Waals surface area contributed by atoms with Gasteiger partial charge >= 0.3 is 5.97 Å². The second kappa shape index (κ2) is 7.30. The molecule has 0 unspecified atom stereocenters. The molecule has 1 aromatic carbocycles. The lowest BCUT2D eigenvalue weighted by Gasteiger charge is -2.07. The van der Waals surface area contributed by atoms with E-state index in [2.05, 4.69) is 0 Å². The Hall–Kier alpha value is -1.00. The maximum Gasteiger partial charge on any atom is 0.338 e. The van der Waals surface area contributed by atoms with Crippen LogP contribution < -0.4 is 5.73 Å². The molecule has 0 heterocycles. The summed E-state index contributed by atoms with van der Waals surface area (Å²) in [5, 5.41) is 0. The van der Waals surface area contributed by atoms with Crippen molar-refractivity contribution in [2.24, 2.45) is 5.73 Å². The molecule has 1 rings (SSSR count). The van der Waals surface area contributed by atoms with Crippen LogP contribution in [-0.2, 0) is 10.5 Å². The van der Waals surface area contributed by atoms with Crippen molar-refractivity contribution >= 4 is 17.7 Å². The van der Waals surface area contributed by atoms with E-state index in [-0.39, 0.29) is 5.97 Å². The summed E-state index contributed by atoms with van der Waals surface area (Å²) < 4.78 is 4.74. The zero-order valence-corrected chi connectivity index (χ0v) is 10.3. The zero-order chi connectivity index (χ0) is 11.8. The number of benzene rings is 1. The van der Waals surface area contributed by atoms with E-state index < -0.39 is 0 Å². The summed E-state index contributed by atoms with van der Waals surface area (Å²) in [4.78, 5) is 11.5. The number of carbonyl (C=O) groups is 1. The van der Waals surface area contributed by atoms with E-state index >= 15 is 0 Å². The quantitative estimate of drug-likeness (QED) is 0.610. The van der Waals surface area contributed by atoms with E-state index in [9.17, 15) is 4.79 Å². The van der Waals surface area contributed by atoms with Crippen LogP contribution >= 0.6 is 11.8 Å². The summed E-state index contributed by atoms with van der Waals surface area (Å²) in [7, 11) is 1.40. The molecule has 3 nitrogen and oxygen atoms in total. The van der Waals surface area contributed by atoms with Gasteiger partial charge in [0.25, 0.3) is 0 Å². The minimum Gasteiger partial charge on any atom is -0.465 e. The molecule has 0 saturated carbocycles. The lowest BCUT2D eigenvalue weighted by atomic mass is 10.1. The largest absolute Gasteiger partial charge is 0.465 e. The van der Waals surface area contributed by atoms with Crippen molar-refractivity contribution in [3.05, 3.63) is 35.4 Å². The third-order valence-electron chi connectivity index (χ3n) is 2.17. The first-order chi connectivity index (χ1) is 7.79. The third-order valence-corrected chi connectivity index (χ3v) is 3.27. The molecule has 2 N–H and O–H groups in total. The summed E-state index contributed by atoms with van der Waals surface area (Å²) in [6.45, 7) is 0.714. The first kappa shape index (κ1) is 13.1. The van der Waals surface area contributed by atoms with Gasteiger partial charge in [0.05, 0.1) is 12.7 Å². The highest BCUT2D eigenvalue weighted by atomic mass is 32.2. The number of thioether (sulfide) groups is 1. The molecular weight excluding hydrogens is 222 g/mol. The standard InChI is InChI=1S/C12H17NO2S/c1-15-12(14)11-6-3-2-5-10(11)9-16-8-4-7-13/h2-3,5-6H,4,7-9,13H2,1H3. The van der Waals surface area contributed by atoms with Gasteiger partial charge in [0.15, 0.2) is 0 Å². The number of hydrogen-bond acceptors (Lipinski definition) is 4. The molecule has 0 fully saturated rings. The Morgan fingerprint density at radius 1 is 1.44 bits per heavy atom. The molecular formula is C12H17NO2S. The van der Waals surface area contributed by atoms with Crippen molar-refractivity contribution in [3.8, 4) is 0 Å². The van der Waals surface area contributed by atoms with Gasteiger partial charge < -0.3 is 10.5 Å². The molecule has 0 saturated heterocycles. The smallest absolute Gasteiger partial charge is 0.338 e. The first-order valence-electron chi connectivity index (χ1n) is 5.23. The average molecular weight is 239 g/mol. The number of esters is 1. The summed E-state index contributed by atoms with van der Waals surface area (Å²) in [5.41, 5.74) is 7.10. The predicted octanol–water partition coefficient (Wildman–Crippen LogP) is 2.06. The predicted molar refractivity (Wildman–Crippen MR) is 67.6 cm³/mol. The van der Waals surface area contributed by atoms with Crippen molar-refractivity contribution in [2.75, 3.05) is 19.4 Å². The van der Waals surface area contributed by atoms with Crippen LogP contribution in [0.5, 0.6) is 0 Å². The Morgan fingerprint density at radius 2 is 2.19 bits per heavy atom. The van der Waals surface area contributed by atoms with Gasteiger partial charge in [-0.2, -0.15) is 11.8 Å². The zero-order valence-electron chi connectivity index (χ0n) is 9.44. The van der Waals surface area contributed by atoms with Crippen molar-refractivity contribution in [1.29, 1.82) is 0 Å². The topological polar surface area (TPSA) is 52.3 Å². The second-order valence-electron chi connectivity index (χ2n) is 3.34. The van der Waals surface area contributed by atoms with Crippen LogP contribution in [0.25, 0.3) is 0 Å². The Balaban J connectivity index is 2.60. The second-order valence-corrected chi connectivity index (χ2v) is 4.45. The molecule has 0 atom stereocenters. The third kappa shape index (κ3) is 3.87. The SMILES string of the molecule is COC(=O)c1ccccc1CSCCCN. The highest BCUT2D eigenvalue weighted by molar-refractivity contribution is 7.98. The fourth-order valence-corrected chi connectivity index (χ4v) is 2.31. The molecule has 0 amide bonds. The molecule has 4 heteroatoms. The van der Waals surface area contributed by atoms with Gasteiger partial charge in [-0.25, -0.2) is 4.79 Å². The van der Waals surface area contributed by atoms with Gasteiger partial charge in [-0.15, -0.1) is 0 Å². The van der Waals surface area contributed by atoms with Gasteiger partial charge in [0.2, 0.25) is 0 Å². The monoisotopic (exact) mass is 239 g/mol. The van der Waals surface area contributed by atoms with Crippen LogP contribution in [0.4, 0.5) is 0 Å². The normalized spacial score (nSPS) is 10.1. The first-order valence-corrected chi connectivity index (χ1v) is 6.39. The molecule has 0 aliphatic carbocycles. The number of ether oxygens (including phenoxy) is 1.